The number of nitrogens with one attached hydrogen (secondary N) is 1. The molecule has 0 saturated carbocycles. The number of hydrogen-bond acceptors (Lipinski definition) is 6. The van der Waals surface area contributed by atoms with Gasteiger partial charge in [-0.05, 0) is 67.0 Å². The van der Waals surface area contributed by atoms with Crippen molar-refractivity contribution in [3.05, 3.63) is 95.6 Å². The van der Waals surface area contributed by atoms with Crippen molar-refractivity contribution in [1.29, 1.82) is 0 Å². The summed E-state index contributed by atoms with van der Waals surface area (Å²) in [5.41, 5.74) is 9.38. The molecule has 6 nitrogen and oxygen atoms in total. The highest BCUT2D eigenvalue weighted by molar-refractivity contribution is 5.62. The van der Waals surface area contributed by atoms with Gasteiger partial charge in [0.15, 0.2) is 11.5 Å². The van der Waals surface area contributed by atoms with Crippen molar-refractivity contribution in [1.82, 2.24) is 10.3 Å². The molecule has 6 N–H and O–H groups in total. The van der Waals surface area contributed by atoms with Gasteiger partial charge < -0.3 is 26.4 Å². The Kier molecular flexibility index (Phi) is 10.0. The second kappa shape index (κ2) is 12.0. The normalized spacial score (nSPS) is 15.8. The second-order valence-corrected chi connectivity index (χ2v) is 8.19. The van der Waals surface area contributed by atoms with E-state index in [0.29, 0.717) is 0 Å². The predicted octanol–water partition coefficient (Wildman–Crippen LogP) is 5.62. The van der Waals surface area contributed by atoms with Crippen molar-refractivity contribution in [2.45, 2.75) is 46.1 Å². The third kappa shape index (κ3) is 6.62. The van der Waals surface area contributed by atoms with Gasteiger partial charge in [-0.3, -0.25) is 4.98 Å². The molecule has 0 bridgehead atoms. The Hall–Kier alpha value is -3.25. The molecule has 0 aromatic carbocycles. The highest BCUT2D eigenvalue weighted by Gasteiger charge is 2.36. The SMILES string of the molecule is C=C(C)/C(O)=C(O)\C(=C\O)C(N)(/C=C(NC)/C(C)=C/CCC(=C)c1cccnc1)C(C)C. The molecule has 0 fully saturated rings. The summed E-state index contributed by atoms with van der Waals surface area (Å²) >= 11 is 0. The maximum absolute atomic E-state index is 10.5. The number of allylic oxidation sites excluding steroid dienone is 4. The molecule has 1 heterocycles. The van der Waals surface area contributed by atoms with Crippen molar-refractivity contribution >= 4 is 5.57 Å². The highest BCUT2D eigenvalue weighted by Crippen LogP contribution is 2.33. The number of aliphatic hydroxyl groups excluding tert-OH is 3. The minimum atomic E-state index is -1.27. The number of nitrogens with two attached hydrogens (primary N) is 1. The molecule has 1 aromatic rings. The van der Waals surface area contributed by atoms with E-state index in [9.17, 15) is 15.3 Å². The summed E-state index contributed by atoms with van der Waals surface area (Å²) in [4.78, 5) is 4.13. The topological polar surface area (TPSA) is 112 Å². The van der Waals surface area contributed by atoms with Crippen LogP contribution in [0.3, 0.4) is 0 Å². The smallest absolute Gasteiger partial charge is 0.166 e. The van der Waals surface area contributed by atoms with Crippen molar-refractivity contribution in [3.8, 4) is 0 Å². The van der Waals surface area contributed by atoms with E-state index in [4.69, 9.17) is 5.73 Å². The molecule has 174 valence electrons. The van der Waals surface area contributed by atoms with Crippen LogP contribution in [-0.4, -0.2) is 32.9 Å². The zero-order chi connectivity index (χ0) is 24.5. The van der Waals surface area contributed by atoms with E-state index >= 15 is 0 Å². The van der Waals surface area contributed by atoms with Gasteiger partial charge >= 0.3 is 0 Å². The first kappa shape index (κ1) is 26.8. The first-order valence-corrected chi connectivity index (χ1v) is 10.6. The lowest BCUT2D eigenvalue weighted by Crippen LogP contribution is -2.47. The van der Waals surface area contributed by atoms with E-state index < -0.39 is 17.1 Å². The zero-order valence-corrected chi connectivity index (χ0v) is 19.8. The van der Waals surface area contributed by atoms with E-state index in [-0.39, 0.29) is 17.1 Å². The third-order valence-corrected chi connectivity index (χ3v) is 5.48. The number of aliphatic hydroxyl groups is 3. The van der Waals surface area contributed by atoms with Crippen LogP contribution in [-0.2, 0) is 0 Å². The summed E-state index contributed by atoms with van der Waals surface area (Å²) in [7, 11) is 1.78. The van der Waals surface area contributed by atoms with Gasteiger partial charge in [-0.25, -0.2) is 0 Å². The number of likely N-dealkylation sites (N-methyl/N-ethyl adjacent to an activating group) is 1. The minimum absolute atomic E-state index is 0.00138. The molecule has 0 amide bonds. The zero-order valence-electron chi connectivity index (χ0n) is 19.8. The molecule has 6 heteroatoms. The molecule has 1 atom stereocenters. The molecule has 0 aliphatic rings. The Bertz CT molecular complexity index is 940. The lowest BCUT2D eigenvalue weighted by Gasteiger charge is -2.33. The number of rotatable bonds is 11. The van der Waals surface area contributed by atoms with Crippen LogP contribution >= 0.6 is 0 Å². The fourth-order valence-electron chi connectivity index (χ4n) is 3.17. The van der Waals surface area contributed by atoms with E-state index in [0.717, 1.165) is 41.5 Å². The standard InChI is InChI=1S/C26H37N3O3/c1-17(2)24(31)25(32)22(16-30)26(27,18(3)4)14-23(28-7)20(6)11-8-10-19(5)21-12-9-13-29-15-21/h9,11-16,18,28,30-32H,1,5,8,10,27H2,2-4,6-7H3/b20-11+,22-16-,23-14-,25-24-. The lowest BCUT2D eigenvalue weighted by molar-refractivity contribution is 0.311. The molecule has 0 spiro atoms. The summed E-state index contributed by atoms with van der Waals surface area (Å²) in [6.45, 7) is 15.0. The Labute approximate surface area is 191 Å². The summed E-state index contributed by atoms with van der Waals surface area (Å²) in [6, 6.07) is 3.87. The summed E-state index contributed by atoms with van der Waals surface area (Å²) in [6.07, 6.45) is 9.63. The number of aromatic nitrogens is 1. The number of nitrogens with zero attached hydrogens (tertiary/aromatic N) is 1. The quantitative estimate of drug-likeness (QED) is 0.226. The lowest BCUT2D eigenvalue weighted by atomic mass is 9.78. The first-order valence-electron chi connectivity index (χ1n) is 10.6. The Morgan fingerprint density at radius 3 is 2.38 bits per heavy atom. The molecule has 1 rings (SSSR count). The van der Waals surface area contributed by atoms with Crippen LogP contribution in [0.15, 0.2) is 90.0 Å². The molecule has 0 radical (unpaired) electrons. The van der Waals surface area contributed by atoms with Crippen LogP contribution in [0.25, 0.3) is 5.57 Å². The average Bonchev–Trinajstić information content (AvgIpc) is 2.77. The van der Waals surface area contributed by atoms with Crippen molar-refractivity contribution in [2.75, 3.05) is 7.05 Å². The van der Waals surface area contributed by atoms with E-state index in [2.05, 4.69) is 29.5 Å². The van der Waals surface area contributed by atoms with Crippen LogP contribution in [0.2, 0.25) is 0 Å². The second-order valence-electron chi connectivity index (χ2n) is 8.19. The van der Waals surface area contributed by atoms with Crippen LogP contribution < -0.4 is 11.1 Å². The van der Waals surface area contributed by atoms with Gasteiger partial charge in [0.25, 0.3) is 0 Å². The van der Waals surface area contributed by atoms with Gasteiger partial charge in [0.2, 0.25) is 0 Å². The van der Waals surface area contributed by atoms with Gasteiger partial charge in [0, 0.05) is 25.1 Å². The van der Waals surface area contributed by atoms with Crippen LogP contribution in [0.1, 0.15) is 46.1 Å². The number of pyridine rings is 1. The predicted molar refractivity (Wildman–Crippen MR) is 133 cm³/mol. The average molecular weight is 440 g/mol. The number of hydrogen-bond donors (Lipinski definition) is 5. The van der Waals surface area contributed by atoms with Crippen molar-refractivity contribution in [2.24, 2.45) is 11.7 Å². The van der Waals surface area contributed by atoms with Gasteiger partial charge in [-0.15, -0.1) is 0 Å². The molecule has 32 heavy (non-hydrogen) atoms. The van der Waals surface area contributed by atoms with Crippen molar-refractivity contribution in [3.63, 3.8) is 0 Å². The highest BCUT2D eigenvalue weighted by atomic mass is 16.3. The molecule has 1 aromatic heterocycles. The fourth-order valence-corrected chi connectivity index (χ4v) is 3.17. The van der Waals surface area contributed by atoms with Gasteiger partial charge in [-0.2, -0.15) is 0 Å². The molecule has 0 aliphatic heterocycles. The molecule has 0 aliphatic carbocycles. The largest absolute Gasteiger partial charge is 0.515 e. The van der Waals surface area contributed by atoms with E-state index in [1.165, 1.54) is 0 Å². The summed E-state index contributed by atoms with van der Waals surface area (Å²) < 4.78 is 0. The molecular formula is C26H37N3O3. The summed E-state index contributed by atoms with van der Waals surface area (Å²) in [5, 5.41) is 33.8. The Morgan fingerprint density at radius 1 is 1.25 bits per heavy atom. The maximum atomic E-state index is 10.5. The van der Waals surface area contributed by atoms with Gasteiger partial charge in [0.1, 0.15) is 0 Å². The Morgan fingerprint density at radius 2 is 1.91 bits per heavy atom. The van der Waals surface area contributed by atoms with Crippen LogP contribution in [0, 0.1) is 5.92 Å². The molecular weight excluding hydrogens is 402 g/mol. The third-order valence-electron chi connectivity index (χ3n) is 5.48. The van der Waals surface area contributed by atoms with Gasteiger partial charge in [0.05, 0.1) is 17.4 Å². The van der Waals surface area contributed by atoms with Crippen LogP contribution in [0.5, 0.6) is 0 Å². The molecule has 1 unspecified atom stereocenters. The van der Waals surface area contributed by atoms with Crippen LogP contribution in [0.4, 0.5) is 0 Å². The summed E-state index contributed by atoms with van der Waals surface area (Å²) in [5.74, 6) is -1.14. The van der Waals surface area contributed by atoms with E-state index in [1.54, 1.807) is 32.4 Å². The Balaban J connectivity index is 3.23. The van der Waals surface area contributed by atoms with Gasteiger partial charge in [-0.1, -0.05) is 39.1 Å². The fraction of sp³-hybridized carbons (Fsp3) is 0.346. The minimum Gasteiger partial charge on any atom is -0.515 e. The van der Waals surface area contributed by atoms with E-state index in [1.807, 2.05) is 32.9 Å². The maximum Gasteiger partial charge on any atom is 0.166 e. The first-order chi connectivity index (χ1) is 15.0. The van der Waals surface area contributed by atoms with Crippen molar-refractivity contribution < 1.29 is 15.3 Å². The molecule has 0 saturated heterocycles. The monoisotopic (exact) mass is 439 g/mol.